The third-order valence-electron chi connectivity index (χ3n) is 3.56. The molecule has 0 unspecified atom stereocenters. The van der Waals surface area contributed by atoms with E-state index in [-0.39, 0.29) is 22.0 Å². The molecule has 22 heavy (non-hydrogen) atoms. The highest BCUT2D eigenvalue weighted by Gasteiger charge is 2.28. The molecule has 2 aromatic carbocycles. The number of aromatic hydroxyl groups is 1. The van der Waals surface area contributed by atoms with Gasteiger partial charge in [0.1, 0.15) is 5.75 Å². The Labute approximate surface area is 129 Å². The van der Waals surface area contributed by atoms with Crippen LogP contribution in [0.4, 0.5) is 0 Å². The van der Waals surface area contributed by atoms with E-state index in [0.717, 1.165) is 5.56 Å². The van der Waals surface area contributed by atoms with Gasteiger partial charge in [-0.2, -0.15) is 0 Å². The summed E-state index contributed by atoms with van der Waals surface area (Å²) in [5.74, 6) is -0.337. The van der Waals surface area contributed by atoms with Crippen LogP contribution in [0.2, 0.25) is 0 Å². The van der Waals surface area contributed by atoms with E-state index in [9.17, 15) is 18.5 Å². The lowest BCUT2D eigenvalue weighted by molar-refractivity contribution is 0.275. The monoisotopic (exact) mass is 316 g/mol. The predicted molar refractivity (Wildman–Crippen MR) is 81.2 cm³/mol. The van der Waals surface area contributed by atoms with Crippen LogP contribution in [0.1, 0.15) is 16.7 Å². The smallest absolute Gasteiger partial charge is 0.491 e. The van der Waals surface area contributed by atoms with Crippen molar-refractivity contribution in [2.24, 2.45) is 0 Å². The molecule has 1 heterocycles. The van der Waals surface area contributed by atoms with Gasteiger partial charge in [-0.3, -0.25) is 0 Å². The summed E-state index contributed by atoms with van der Waals surface area (Å²) < 4.78 is 30.0. The quantitative estimate of drug-likeness (QED) is 0.812. The Morgan fingerprint density at radius 1 is 1.23 bits per heavy atom. The van der Waals surface area contributed by atoms with Crippen LogP contribution < -0.4 is 5.46 Å². The molecule has 0 fully saturated rings. The molecule has 5 nitrogen and oxygen atoms in total. The molecule has 0 amide bonds. The van der Waals surface area contributed by atoms with Gasteiger partial charge < -0.3 is 14.8 Å². The molecule has 2 aromatic rings. The standard InChI is InChI=1S/C15H13BO5S/c1-10-6-13(17)4-5-15(10)22(19,20)9-11-2-3-12-8-21-16(18)14(12)7-11/h1-7,17-18H,8-9H2. The summed E-state index contributed by atoms with van der Waals surface area (Å²) in [6.45, 7) is 5.99. The first-order chi connectivity index (χ1) is 10.4. The minimum absolute atomic E-state index is 0.00419. The SMILES string of the molecule is [CH]c1cc(O)ccc1S(=O)(=O)Cc1ccc2c(c1)B(O)OC2. The number of phenols is 1. The van der Waals surface area contributed by atoms with Crippen LogP contribution >= 0.6 is 0 Å². The van der Waals surface area contributed by atoms with Gasteiger partial charge in [0.25, 0.3) is 0 Å². The summed E-state index contributed by atoms with van der Waals surface area (Å²) in [6.07, 6.45) is 0. The lowest BCUT2D eigenvalue weighted by Gasteiger charge is -2.09. The minimum atomic E-state index is -3.65. The highest BCUT2D eigenvalue weighted by molar-refractivity contribution is 7.90. The van der Waals surface area contributed by atoms with E-state index < -0.39 is 17.0 Å². The fourth-order valence-electron chi connectivity index (χ4n) is 2.47. The van der Waals surface area contributed by atoms with Crippen LogP contribution in [0.5, 0.6) is 5.75 Å². The van der Waals surface area contributed by atoms with Gasteiger partial charge in [-0.15, -0.1) is 0 Å². The molecule has 0 saturated carbocycles. The van der Waals surface area contributed by atoms with Crippen molar-refractivity contribution in [1.82, 2.24) is 0 Å². The van der Waals surface area contributed by atoms with Crippen LogP contribution in [-0.4, -0.2) is 25.7 Å². The van der Waals surface area contributed by atoms with Crippen LogP contribution in [0.15, 0.2) is 41.3 Å². The van der Waals surface area contributed by atoms with Gasteiger partial charge in [0, 0.05) is 6.92 Å². The number of benzene rings is 2. The number of fused-ring (bicyclic) bond motifs is 1. The van der Waals surface area contributed by atoms with E-state index in [2.05, 4.69) is 0 Å². The van der Waals surface area contributed by atoms with E-state index in [1.807, 2.05) is 0 Å². The Bertz CT molecular complexity index is 832. The first-order valence-corrected chi connectivity index (χ1v) is 8.25. The average molecular weight is 316 g/mol. The number of hydrogen-bond donors (Lipinski definition) is 2. The Kier molecular flexibility index (Phi) is 3.72. The zero-order chi connectivity index (χ0) is 15.9. The largest absolute Gasteiger partial charge is 0.508 e. The van der Waals surface area contributed by atoms with Crippen LogP contribution in [0.25, 0.3) is 0 Å². The average Bonchev–Trinajstić information content (AvgIpc) is 2.79. The molecule has 7 heteroatoms. The van der Waals surface area contributed by atoms with Crippen LogP contribution in [0, 0.1) is 6.92 Å². The van der Waals surface area contributed by atoms with Crippen molar-refractivity contribution in [1.29, 1.82) is 0 Å². The summed E-state index contributed by atoms with van der Waals surface area (Å²) in [6, 6.07) is 8.83. The summed E-state index contributed by atoms with van der Waals surface area (Å²) in [5.41, 5.74) is 1.98. The first-order valence-electron chi connectivity index (χ1n) is 6.59. The lowest BCUT2D eigenvalue weighted by Crippen LogP contribution is -2.28. The van der Waals surface area contributed by atoms with E-state index in [1.165, 1.54) is 18.2 Å². The topological polar surface area (TPSA) is 83.8 Å². The van der Waals surface area contributed by atoms with Crippen molar-refractivity contribution in [3.05, 3.63) is 60.0 Å². The molecule has 0 aliphatic carbocycles. The van der Waals surface area contributed by atoms with Crippen LogP contribution in [0.3, 0.4) is 0 Å². The summed E-state index contributed by atoms with van der Waals surface area (Å²) in [5, 5.41) is 19.0. The van der Waals surface area contributed by atoms with E-state index in [4.69, 9.17) is 11.6 Å². The number of sulfone groups is 1. The molecule has 2 N–H and O–H groups in total. The van der Waals surface area contributed by atoms with Crippen molar-refractivity contribution in [2.75, 3.05) is 0 Å². The Balaban J connectivity index is 1.93. The van der Waals surface area contributed by atoms with Gasteiger partial charge in [0.05, 0.1) is 17.3 Å². The third-order valence-corrected chi connectivity index (χ3v) is 5.31. The van der Waals surface area contributed by atoms with Gasteiger partial charge >= 0.3 is 7.12 Å². The maximum Gasteiger partial charge on any atom is 0.491 e. The fourth-order valence-corrected chi connectivity index (χ4v) is 3.94. The fraction of sp³-hybridized carbons (Fsp3) is 0.133. The first kappa shape index (κ1) is 15.1. The van der Waals surface area contributed by atoms with E-state index in [0.29, 0.717) is 17.6 Å². The van der Waals surface area contributed by atoms with Crippen molar-refractivity contribution in [2.45, 2.75) is 17.3 Å². The molecule has 1 aliphatic rings. The summed E-state index contributed by atoms with van der Waals surface area (Å²) in [7, 11) is -4.67. The van der Waals surface area contributed by atoms with Gasteiger partial charge in [-0.1, -0.05) is 18.2 Å². The lowest BCUT2D eigenvalue weighted by atomic mass is 9.79. The molecular weight excluding hydrogens is 303 g/mol. The molecular formula is C15H13BO5S. The summed E-state index contributed by atoms with van der Waals surface area (Å²) >= 11 is 0. The van der Waals surface area contributed by atoms with E-state index >= 15 is 0 Å². The summed E-state index contributed by atoms with van der Waals surface area (Å²) in [4.78, 5) is -0.0254. The Morgan fingerprint density at radius 2 is 2.00 bits per heavy atom. The molecule has 112 valence electrons. The third kappa shape index (κ3) is 2.75. The minimum Gasteiger partial charge on any atom is -0.508 e. The van der Waals surface area contributed by atoms with Gasteiger partial charge in [0.15, 0.2) is 9.84 Å². The second kappa shape index (κ2) is 5.42. The zero-order valence-corrected chi connectivity index (χ0v) is 12.4. The van der Waals surface area contributed by atoms with Gasteiger partial charge in [-0.05, 0) is 40.4 Å². The van der Waals surface area contributed by atoms with Crippen LogP contribution in [-0.2, 0) is 26.9 Å². The molecule has 0 spiro atoms. The van der Waals surface area contributed by atoms with Gasteiger partial charge in [-0.25, -0.2) is 8.42 Å². The second-order valence-corrected chi connectivity index (χ2v) is 7.14. The van der Waals surface area contributed by atoms with Crippen molar-refractivity contribution in [3.63, 3.8) is 0 Å². The normalized spacial score (nSPS) is 14.2. The van der Waals surface area contributed by atoms with Crippen molar-refractivity contribution < 1.29 is 23.2 Å². The molecule has 1 aliphatic heterocycles. The molecule has 0 atom stereocenters. The molecule has 3 rings (SSSR count). The molecule has 2 radical (unpaired) electrons. The number of hydrogen-bond acceptors (Lipinski definition) is 5. The number of rotatable bonds is 3. The second-order valence-electron chi connectivity index (χ2n) is 5.18. The predicted octanol–water partition coefficient (Wildman–Crippen LogP) is 0.643. The zero-order valence-electron chi connectivity index (χ0n) is 11.6. The molecule has 0 aromatic heterocycles. The highest BCUT2D eigenvalue weighted by Crippen LogP contribution is 2.24. The van der Waals surface area contributed by atoms with Crippen molar-refractivity contribution in [3.8, 4) is 5.75 Å². The van der Waals surface area contributed by atoms with E-state index in [1.54, 1.807) is 18.2 Å². The van der Waals surface area contributed by atoms with Crippen molar-refractivity contribution >= 4 is 22.4 Å². The molecule has 0 saturated heterocycles. The van der Waals surface area contributed by atoms with Gasteiger partial charge in [0.2, 0.25) is 0 Å². The highest BCUT2D eigenvalue weighted by atomic mass is 32.2. The maximum atomic E-state index is 12.5. The number of phenolic OH excluding ortho intramolecular Hbond substituents is 1. The maximum absolute atomic E-state index is 12.5. The Hall–Kier alpha value is -1.83. The molecule has 0 bridgehead atoms. The Morgan fingerprint density at radius 3 is 2.73 bits per heavy atom.